The summed E-state index contributed by atoms with van der Waals surface area (Å²) in [4.78, 5) is 0. The summed E-state index contributed by atoms with van der Waals surface area (Å²) in [5, 5.41) is 0. The Balaban J connectivity index is 0.00000128. The number of rotatable bonds is 4. The summed E-state index contributed by atoms with van der Waals surface area (Å²) in [6.45, 7) is 1.25. The zero-order chi connectivity index (χ0) is 10.3. The van der Waals surface area contributed by atoms with E-state index in [0.717, 1.165) is 0 Å². The van der Waals surface area contributed by atoms with E-state index >= 15 is 0 Å². The van der Waals surface area contributed by atoms with Gasteiger partial charge in [0.2, 0.25) is 0 Å². The molecule has 84 valence electrons. The number of benzene rings is 1. The van der Waals surface area contributed by atoms with Crippen LogP contribution in [0.25, 0.3) is 0 Å². The number of halogens is 1. The highest BCUT2D eigenvalue weighted by atomic mass is 35.5. The maximum absolute atomic E-state index is 5.57. The highest BCUT2D eigenvalue weighted by molar-refractivity contribution is 5.13. The van der Waals surface area contributed by atoms with Crippen molar-refractivity contribution in [3.8, 4) is 0 Å². The predicted molar refractivity (Wildman–Crippen MR) is 57.9 cm³/mol. The van der Waals surface area contributed by atoms with Crippen LogP contribution in [0.3, 0.4) is 0 Å². The Morgan fingerprint density at radius 3 is 2.19 bits per heavy atom. The molecule has 2 aromatic rings. The predicted octanol–water partition coefficient (Wildman–Crippen LogP) is -0.848. The van der Waals surface area contributed by atoms with Crippen molar-refractivity contribution in [3.63, 3.8) is 0 Å². The minimum Gasteiger partial charge on any atom is -1.00 e. The molecule has 0 radical (unpaired) electrons. The molecule has 0 aliphatic carbocycles. The van der Waals surface area contributed by atoms with Gasteiger partial charge in [0.1, 0.15) is 0 Å². The molecule has 16 heavy (non-hydrogen) atoms. The van der Waals surface area contributed by atoms with Gasteiger partial charge < -0.3 is 17.1 Å². The Kier molecular flexibility index (Phi) is 5.54. The lowest BCUT2D eigenvalue weighted by Crippen LogP contribution is -3.00. The van der Waals surface area contributed by atoms with Crippen LogP contribution in [-0.2, 0) is 18.1 Å². The number of aromatic nitrogens is 1. The monoisotopic (exact) mass is 235 g/mol. The summed E-state index contributed by atoms with van der Waals surface area (Å²) >= 11 is 0. The van der Waals surface area contributed by atoms with Gasteiger partial charge in [0.05, 0.1) is 6.61 Å². The maximum Gasteiger partial charge on any atom is 0.252 e. The third-order valence-electron chi connectivity index (χ3n) is 2.13. The van der Waals surface area contributed by atoms with E-state index in [1.165, 1.54) is 5.56 Å². The Labute approximate surface area is 102 Å². The van der Waals surface area contributed by atoms with Crippen LogP contribution < -0.4 is 17.0 Å². The van der Waals surface area contributed by atoms with Gasteiger partial charge in [-0.2, -0.15) is 4.57 Å². The van der Waals surface area contributed by atoms with Crippen LogP contribution in [0.4, 0.5) is 0 Å². The molecule has 2 nitrogen and oxygen atoms in total. The molecular formula is C13H14ClNO. The first-order chi connectivity index (χ1) is 7.45. The van der Waals surface area contributed by atoms with Crippen molar-refractivity contribution in [2.75, 3.05) is 0 Å². The summed E-state index contributed by atoms with van der Waals surface area (Å²) in [5.41, 5.74) is 1.20. The largest absolute Gasteiger partial charge is 1.00 e. The third-order valence-corrected chi connectivity index (χ3v) is 2.13. The van der Waals surface area contributed by atoms with Crippen LogP contribution in [-0.4, -0.2) is 0 Å². The molecule has 0 spiro atoms. The fraction of sp³-hybridized carbons (Fsp3) is 0.154. The standard InChI is InChI=1S/C13H14NO.ClH/c1-3-7-13(8-4-1)11-15-12-14-9-5-2-6-10-14;/h1-10H,11-12H2;1H/q+1;/p-1. The molecule has 0 saturated heterocycles. The van der Waals surface area contributed by atoms with Gasteiger partial charge in [-0.25, -0.2) is 0 Å². The number of hydrogen-bond donors (Lipinski definition) is 0. The Hall–Kier alpha value is -1.38. The highest BCUT2D eigenvalue weighted by Gasteiger charge is 1.97. The number of ether oxygens (including phenoxy) is 1. The lowest BCUT2D eigenvalue weighted by atomic mass is 10.2. The normalized spacial score (nSPS) is 9.50. The molecule has 0 aliphatic rings. The van der Waals surface area contributed by atoms with Crippen molar-refractivity contribution in [1.82, 2.24) is 0 Å². The molecule has 2 rings (SSSR count). The zero-order valence-corrected chi connectivity index (χ0v) is 9.68. The maximum atomic E-state index is 5.57. The SMILES string of the molecule is [Cl-].c1ccc(COC[n+]2ccccc2)cc1. The molecule has 0 fully saturated rings. The minimum absolute atomic E-state index is 0. The van der Waals surface area contributed by atoms with Gasteiger partial charge in [0.25, 0.3) is 6.73 Å². The Morgan fingerprint density at radius 2 is 1.50 bits per heavy atom. The van der Waals surface area contributed by atoms with E-state index in [-0.39, 0.29) is 12.4 Å². The molecule has 0 aliphatic heterocycles. The minimum atomic E-state index is 0. The van der Waals surface area contributed by atoms with Crippen LogP contribution in [0.1, 0.15) is 5.56 Å². The van der Waals surface area contributed by atoms with Gasteiger partial charge in [0.15, 0.2) is 12.4 Å². The van der Waals surface area contributed by atoms with Crippen LogP contribution in [0.5, 0.6) is 0 Å². The van der Waals surface area contributed by atoms with E-state index in [2.05, 4.69) is 12.1 Å². The number of pyridine rings is 1. The fourth-order valence-corrected chi connectivity index (χ4v) is 1.36. The summed E-state index contributed by atoms with van der Waals surface area (Å²) in [6.07, 6.45) is 3.98. The van der Waals surface area contributed by atoms with E-state index in [0.29, 0.717) is 13.3 Å². The van der Waals surface area contributed by atoms with E-state index in [4.69, 9.17) is 4.74 Å². The van der Waals surface area contributed by atoms with Crippen LogP contribution in [0, 0.1) is 0 Å². The van der Waals surface area contributed by atoms with E-state index < -0.39 is 0 Å². The third kappa shape index (κ3) is 4.01. The molecular weight excluding hydrogens is 222 g/mol. The molecule has 0 amide bonds. The average Bonchev–Trinajstić information content (AvgIpc) is 2.32. The molecule has 0 N–H and O–H groups in total. The smallest absolute Gasteiger partial charge is 0.252 e. The quantitative estimate of drug-likeness (QED) is 0.630. The summed E-state index contributed by atoms with van der Waals surface area (Å²) < 4.78 is 7.57. The van der Waals surface area contributed by atoms with Crippen LogP contribution >= 0.6 is 0 Å². The molecule has 1 aromatic heterocycles. The van der Waals surface area contributed by atoms with E-state index in [9.17, 15) is 0 Å². The van der Waals surface area contributed by atoms with E-state index in [1.54, 1.807) is 0 Å². The van der Waals surface area contributed by atoms with Crippen molar-refractivity contribution in [2.24, 2.45) is 0 Å². The number of nitrogens with zero attached hydrogens (tertiary/aromatic N) is 1. The number of hydrogen-bond acceptors (Lipinski definition) is 1. The van der Waals surface area contributed by atoms with Gasteiger partial charge in [-0.1, -0.05) is 36.4 Å². The Bertz CT molecular complexity index is 352. The summed E-state index contributed by atoms with van der Waals surface area (Å²) in [6, 6.07) is 16.2. The van der Waals surface area contributed by atoms with Gasteiger partial charge in [-0.3, -0.25) is 0 Å². The second-order valence-electron chi connectivity index (χ2n) is 3.35. The van der Waals surface area contributed by atoms with Crippen molar-refractivity contribution in [1.29, 1.82) is 0 Å². The molecule has 1 heterocycles. The van der Waals surface area contributed by atoms with Crippen LogP contribution in [0.2, 0.25) is 0 Å². The second kappa shape index (κ2) is 6.99. The molecule has 0 atom stereocenters. The molecule has 0 saturated carbocycles. The van der Waals surface area contributed by atoms with Gasteiger partial charge >= 0.3 is 0 Å². The van der Waals surface area contributed by atoms with Gasteiger partial charge in [-0.05, 0) is 5.56 Å². The highest BCUT2D eigenvalue weighted by Crippen LogP contribution is 1.99. The summed E-state index contributed by atoms with van der Waals surface area (Å²) in [7, 11) is 0. The Morgan fingerprint density at radius 1 is 0.875 bits per heavy atom. The van der Waals surface area contributed by atoms with Crippen molar-refractivity contribution >= 4 is 0 Å². The zero-order valence-electron chi connectivity index (χ0n) is 8.92. The topological polar surface area (TPSA) is 13.1 Å². The first-order valence-corrected chi connectivity index (χ1v) is 5.01. The fourth-order valence-electron chi connectivity index (χ4n) is 1.36. The molecule has 0 unspecified atom stereocenters. The molecule has 0 bridgehead atoms. The lowest BCUT2D eigenvalue weighted by molar-refractivity contribution is -0.733. The van der Waals surface area contributed by atoms with Crippen LogP contribution in [0.15, 0.2) is 60.9 Å². The second-order valence-corrected chi connectivity index (χ2v) is 3.35. The first-order valence-electron chi connectivity index (χ1n) is 5.01. The average molecular weight is 236 g/mol. The molecule has 3 heteroatoms. The van der Waals surface area contributed by atoms with Crippen molar-refractivity contribution < 1.29 is 21.7 Å². The van der Waals surface area contributed by atoms with Gasteiger partial charge in [0, 0.05) is 12.1 Å². The lowest BCUT2D eigenvalue weighted by Gasteiger charge is -2.00. The first kappa shape index (κ1) is 12.7. The van der Waals surface area contributed by atoms with Gasteiger partial charge in [-0.15, -0.1) is 0 Å². The van der Waals surface area contributed by atoms with Crippen molar-refractivity contribution in [3.05, 3.63) is 66.5 Å². The summed E-state index contributed by atoms with van der Waals surface area (Å²) in [5.74, 6) is 0. The van der Waals surface area contributed by atoms with E-state index in [1.807, 2.05) is 53.4 Å². The van der Waals surface area contributed by atoms with Crippen molar-refractivity contribution in [2.45, 2.75) is 13.3 Å². The molecule has 1 aromatic carbocycles.